The van der Waals surface area contributed by atoms with Crippen molar-refractivity contribution in [1.82, 2.24) is 5.32 Å². The number of hydrogen-bond acceptors (Lipinski definition) is 3. The molecule has 0 spiro atoms. The van der Waals surface area contributed by atoms with Crippen molar-refractivity contribution in [2.75, 3.05) is 6.54 Å². The van der Waals surface area contributed by atoms with Crippen molar-refractivity contribution in [2.24, 2.45) is 23.5 Å². The molecule has 1 aromatic heterocycles. The molecule has 2 rings (SSSR count). The van der Waals surface area contributed by atoms with Gasteiger partial charge in [0.1, 0.15) is 0 Å². The van der Waals surface area contributed by atoms with Crippen LogP contribution in [0.2, 0.25) is 0 Å². The summed E-state index contributed by atoms with van der Waals surface area (Å²) < 4.78 is 5.28. The zero-order valence-electron chi connectivity index (χ0n) is 13.8. The smallest absolute Gasteiger partial charge is 0.0950 e. The number of furan rings is 1. The SMILES string of the molecule is CCCNC(CC1CC(C(C)C)CCC1N)c1ccoc1. The van der Waals surface area contributed by atoms with Crippen molar-refractivity contribution < 1.29 is 4.42 Å². The van der Waals surface area contributed by atoms with Crippen LogP contribution in [0.3, 0.4) is 0 Å². The maximum atomic E-state index is 6.42. The topological polar surface area (TPSA) is 51.2 Å². The summed E-state index contributed by atoms with van der Waals surface area (Å²) in [5.74, 6) is 2.23. The third-order valence-electron chi connectivity index (χ3n) is 5.15. The molecule has 0 aliphatic heterocycles. The lowest BCUT2D eigenvalue weighted by molar-refractivity contribution is 0.170. The Morgan fingerprint density at radius 2 is 2.19 bits per heavy atom. The Balaban J connectivity index is 2.00. The van der Waals surface area contributed by atoms with E-state index in [1.807, 2.05) is 6.26 Å². The summed E-state index contributed by atoms with van der Waals surface area (Å²) in [5.41, 5.74) is 7.69. The molecule has 0 radical (unpaired) electrons. The Kier molecular flexibility index (Phi) is 6.31. The summed E-state index contributed by atoms with van der Waals surface area (Å²) in [6.45, 7) is 7.95. The third kappa shape index (κ3) is 4.58. The van der Waals surface area contributed by atoms with Gasteiger partial charge in [0.15, 0.2) is 0 Å². The maximum Gasteiger partial charge on any atom is 0.0950 e. The van der Waals surface area contributed by atoms with E-state index < -0.39 is 0 Å². The van der Waals surface area contributed by atoms with Crippen LogP contribution in [-0.2, 0) is 0 Å². The van der Waals surface area contributed by atoms with E-state index in [1.54, 1.807) is 6.26 Å². The van der Waals surface area contributed by atoms with Crippen LogP contribution in [0.25, 0.3) is 0 Å². The van der Waals surface area contributed by atoms with Gasteiger partial charge in [0.05, 0.1) is 12.5 Å². The molecule has 21 heavy (non-hydrogen) atoms. The molecule has 0 bridgehead atoms. The highest BCUT2D eigenvalue weighted by atomic mass is 16.3. The molecular formula is C18H32N2O. The number of nitrogens with one attached hydrogen (secondary N) is 1. The average molecular weight is 292 g/mol. The minimum Gasteiger partial charge on any atom is -0.472 e. The van der Waals surface area contributed by atoms with Gasteiger partial charge in [-0.15, -0.1) is 0 Å². The predicted octanol–water partition coefficient (Wildman–Crippen LogP) is 4.11. The molecule has 1 aliphatic rings. The predicted molar refractivity (Wildman–Crippen MR) is 88.0 cm³/mol. The Morgan fingerprint density at radius 1 is 1.38 bits per heavy atom. The van der Waals surface area contributed by atoms with Gasteiger partial charge in [0.25, 0.3) is 0 Å². The lowest BCUT2D eigenvalue weighted by Crippen LogP contribution is -2.39. The van der Waals surface area contributed by atoms with Crippen LogP contribution in [0.15, 0.2) is 23.0 Å². The second-order valence-electron chi connectivity index (χ2n) is 7.04. The van der Waals surface area contributed by atoms with Crippen molar-refractivity contribution in [2.45, 2.75) is 65.0 Å². The van der Waals surface area contributed by atoms with E-state index in [1.165, 1.54) is 24.8 Å². The van der Waals surface area contributed by atoms with Crippen molar-refractivity contribution in [3.05, 3.63) is 24.2 Å². The highest BCUT2D eigenvalue weighted by Gasteiger charge is 2.31. The van der Waals surface area contributed by atoms with Gasteiger partial charge in [-0.25, -0.2) is 0 Å². The Bertz CT molecular complexity index is 388. The fourth-order valence-electron chi connectivity index (χ4n) is 3.63. The van der Waals surface area contributed by atoms with Crippen LogP contribution in [0.1, 0.15) is 64.5 Å². The monoisotopic (exact) mass is 292 g/mol. The van der Waals surface area contributed by atoms with Gasteiger partial charge >= 0.3 is 0 Å². The molecule has 0 aromatic carbocycles. The molecule has 0 amide bonds. The van der Waals surface area contributed by atoms with Crippen molar-refractivity contribution >= 4 is 0 Å². The van der Waals surface area contributed by atoms with E-state index in [9.17, 15) is 0 Å². The first-order chi connectivity index (χ1) is 10.1. The first-order valence-electron chi connectivity index (χ1n) is 8.62. The summed E-state index contributed by atoms with van der Waals surface area (Å²) in [4.78, 5) is 0. The van der Waals surface area contributed by atoms with Gasteiger partial charge in [-0.1, -0.05) is 20.8 Å². The minimum absolute atomic E-state index is 0.359. The molecule has 3 nitrogen and oxygen atoms in total. The van der Waals surface area contributed by atoms with Gasteiger partial charge in [-0.05, 0) is 62.5 Å². The first kappa shape index (κ1) is 16.6. The molecule has 3 heteroatoms. The van der Waals surface area contributed by atoms with Crippen molar-refractivity contribution in [1.29, 1.82) is 0 Å². The largest absolute Gasteiger partial charge is 0.472 e. The summed E-state index contributed by atoms with van der Waals surface area (Å²) in [6, 6.07) is 2.82. The quantitative estimate of drug-likeness (QED) is 0.795. The van der Waals surface area contributed by atoms with Crippen LogP contribution in [-0.4, -0.2) is 12.6 Å². The zero-order chi connectivity index (χ0) is 15.2. The molecule has 0 saturated heterocycles. The lowest BCUT2D eigenvalue weighted by atomic mass is 9.71. The van der Waals surface area contributed by atoms with Crippen LogP contribution < -0.4 is 11.1 Å². The summed E-state index contributed by atoms with van der Waals surface area (Å²) >= 11 is 0. The van der Waals surface area contributed by atoms with Gasteiger partial charge in [0, 0.05) is 17.6 Å². The molecule has 120 valence electrons. The molecule has 1 heterocycles. The average Bonchev–Trinajstić information content (AvgIpc) is 2.99. The first-order valence-corrected chi connectivity index (χ1v) is 8.62. The zero-order valence-corrected chi connectivity index (χ0v) is 13.8. The molecule has 1 aromatic rings. The maximum absolute atomic E-state index is 6.42. The standard InChI is InChI=1S/C18H32N2O/c1-4-8-20-18(15-7-9-21-12-15)11-16-10-14(13(2)3)5-6-17(16)19/h7,9,12-14,16-18,20H,4-6,8,10-11,19H2,1-3H3. The van der Waals surface area contributed by atoms with E-state index in [2.05, 4.69) is 32.2 Å². The molecule has 4 unspecified atom stereocenters. The van der Waals surface area contributed by atoms with Gasteiger partial charge < -0.3 is 15.5 Å². The summed E-state index contributed by atoms with van der Waals surface area (Å²) in [5, 5.41) is 3.67. The van der Waals surface area contributed by atoms with E-state index in [0.717, 1.165) is 31.2 Å². The Morgan fingerprint density at radius 3 is 2.81 bits per heavy atom. The van der Waals surface area contributed by atoms with Crippen LogP contribution >= 0.6 is 0 Å². The van der Waals surface area contributed by atoms with Gasteiger partial charge in [-0.2, -0.15) is 0 Å². The summed E-state index contributed by atoms with van der Waals surface area (Å²) in [7, 11) is 0. The molecule has 1 saturated carbocycles. The minimum atomic E-state index is 0.359. The fraction of sp³-hybridized carbons (Fsp3) is 0.778. The molecule has 1 fully saturated rings. The molecule has 1 aliphatic carbocycles. The van der Waals surface area contributed by atoms with E-state index in [4.69, 9.17) is 10.2 Å². The summed E-state index contributed by atoms with van der Waals surface area (Å²) in [6.07, 6.45) is 9.69. The van der Waals surface area contributed by atoms with E-state index >= 15 is 0 Å². The van der Waals surface area contributed by atoms with Crippen molar-refractivity contribution in [3.63, 3.8) is 0 Å². The highest BCUT2D eigenvalue weighted by Crippen LogP contribution is 2.37. The fourth-order valence-corrected chi connectivity index (χ4v) is 3.63. The van der Waals surface area contributed by atoms with Crippen molar-refractivity contribution in [3.8, 4) is 0 Å². The van der Waals surface area contributed by atoms with E-state index in [0.29, 0.717) is 18.0 Å². The molecular weight excluding hydrogens is 260 g/mol. The Hall–Kier alpha value is -0.800. The Labute approximate surface area is 129 Å². The van der Waals surface area contributed by atoms with Crippen LogP contribution in [0, 0.1) is 17.8 Å². The van der Waals surface area contributed by atoms with Gasteiger partial charge in [0.2, 0.25) is 0 Å². The number of hydrogen-bond donors (Lipinski definition) is 2. The van der Waals surface area contributed by atoms with Gasteiger partial charge in [-0.3, -0.25) is 0 Å². The lowest BCUT2D eigenvalue weighted by Gasteiger charge is -2.37. The second-order valence-corrected chi connectivity index (χ2v) is 7.04. The van der Waals surface area contributed by atoms with E-state index in [-0.39, 0.29) is 0 Å². The third-order valence-corrected chi connectivity index (χ3v) is 5.15. The normalized spacial score (nSPS) is 28.0. The number of nitrogens with two attached hydrogens (primary N) is 1. The van der Waals surface area contributed by atoms with Crippen LogP contribution in [0.4, 0.5) is 0 Å². The highest BCUT2D eigenvalue weighted by molar-refractivity contribution is 5.12. The molecule has 3 N–H and O–H groups in total. The number of rotatable bonds is 7. The second kappa shape index (κ2) is 8.00. The van der Waals surface area contributed by atoms with Crippen LogP contribution in [0.5, 0.6) is 0 Å². The molecule has 4 atom stereocenters.